The van der Waals surface area contributed by atoms with E-state index in [1.165, 1.54) is 0 Å². The maximum Gasteiger partial charge on any atom is 0.317 e. The molecule has 1 rings (SSSR count). The predicted octanol–water partition coefficient (Wildman–Crippen LogP) is 2.02. The van der Waals surface area contributed by atoms with Crippen molar-refractivity contribution >= 4 is 23.8 Å². The van der Waals surface area contributed by atoms with E-state index >= 15 is 0 Å². The second-order valence-electron chi connectivity index (χ2n) is 5.59. The molecule has 1 fully saturated rings. The zero-order valence-electron chi connectivity index (χ0n) is 11.9. The molecule has 0 aromatic carbocycles. The van der Waals surface area contributed by atoms with Crippen LogP contribution in [0.4, 0.5) is 4.79 Å². The minimum atomic E-state index is -0.809. The van der Waals surface area contributed by atoms with Crippen LogP contribution in [0.25, 0.3) is 0 Å². The van der Waals surface area contributed by atoms with E-state index in [2.05, 4.69) is 19.2 Å². The SMILES string of the molecule is CCC(CNC(=O)N1CCSC(C)(C)C1)CC(=O)O. The van der Waals surface area contributed by atoms with Gasteiger partial charge in [0.05, 0.1) is 0 Å². The number of carboxylic acid groups (broad SMARTS) is 1. The van der Waals surface area contributed by atoms with Gasteiger partial charge in [0.25, 0.3) is 0 Å². The largest absolute Gasteiger partial charge is 0.481 e. The summed E-state index contributed by atoms with van der Waals surface area (Å²) < 4.78 is 0.0980. The molecule has 0 radical (unpaired) electrons. The molecule has 2 N–H and O–H groups in total. The third kappa shape index (κ3) is 5.72. The molecule has 0 spiro atoms. The van der Waals surface area contributed by atoms with Gasteiger partial charge in [-0.15, -0.1) is 0 Å². The Kier molecular flexibility index (Phi) is 5.97. The van der Waals surface area contributed by atoms with Crippen molar-refractivity contribution in [3.63, 3.8) is 0 Å². The van der Waals surface area contributed by atoms with E-state index < -0.39 is 5.97 Å². The van der Waals surface area contributed by atoms with Gasteiger partial charge in [-0.1, -0.05) is 13.3 Å². The number of thioether (sulfide) groups is 1. The predicted molar refractivity (Wildman–Crippen MR) is 77.5 cm³/mol. The second-order valence-corrected chi connectivity index (χ2v) is 7.39. The summed E-state index contributed by atoms with van der Waals surface area (Å²) in [6.07, 6.45) is 0.867. The quantitative estimate of drug-likeness (QED) is 0.812. The number of hydrogen-bond acceptors (Lipinski definition) is 3. The van der Waals surface area contributed by atoms with Gasteiger partial charge in [-0.25, -0.2) is 4.79 Å². The minimum absolute atomic E-state index is 0.00799. The van der Waals surface area contributed by atoms with Crippen molar-refractivity contribution in [1.82, 2.24) is 10.2 Å². The van der Waals surface area contributed by atoms with Crippen LogP contribution < -0.4 is 5.32 Å². The number of carbonyl (C=O) groups is 2. The van der Waals surface area contributed by atoms with Crippen LogP contribution in [-0.2, 0) is 4.79 Å². The lowest BCUT2D eigenvalue weighted by atomic mass is 10.0. The smallest absolute Gasteiger partial charge is 0.317 e. The summed E-state index contributed by atoms with van der Waals surface area (Å²) in [5, 5.41) is 11.6. The van der Waals surface area contributed by atoms with E-state index in [4.69, 9.17) is 5.11 Å². The molecular weight excluding hydrogens is 264 g/mol. The van der Waals surface area contributed by atoms with Crippen molar-refractivity contribution in [2.24, 2.45) is 5.92 Å². The van der Waals surface area contributed by atoms with E-state index in [1.807, 2.05) is 23.6 Å². The Balaban J connectivity index is 2.39. The molecule has 1 aliphatic rings. The van der Waals surface area contributed by atoms with Crippen molar-refractivity contribution in [3.05, 3.63) is 0 Å². The van der Waals surface area contributed by atoms with Crippen LogP contribution in [0.15, 0.2) is 0 Å². The summed E-state index contributed by atoms with van der Waals surface area (Å²) in [5.74, 6) is 0.150. The fraction of sp³-hybridized carbons (Fsp3) is 0.846. The first kappa shape index (κ1) is 16.1. The van der Waals surface area contributed by atoms with Gasteiger partial charge in [-0.2, -0.15) is 11.8 Å². The fourth-order valence-corrected chi connectivity index (χ4v) is 3.25. The molecule has 0 bridgehead atoms. The molecule has 2 amide bonds. The average molecular weight is 288 g/mol. The van der Waals surface area contributed by atoms with Crippen LogP contribution in [0.2, 0.25) is 0 Å². The highest BCUT2D eigenvalue weighted by molar-refractivity contribution is 8.00. The maximum atomic E-state index is 12.1. The molecule has 110 valence electrons. The third-order valence-corrected chi connectivity index (χ3v) is 4.59. The maximum absolute atomic E-state index is 12.1. The molecular formula is C13H24N2O3S. The van der Waals surface area contributed by atoms with Crippen molar-refractivity contribution in [2.45, 2.75) is 38.4 Å². The standard InChI is InChI=1S/C13H24N2O3S/c1-4-10(7-11(16)17)8-14-12(18)15-5-6-19-13(2,3)9-15/h10H,4-9H2,1-3H3,(H,14,18)(H,16,17). The van der Waals surface area contributed by atoms with E-state index in [-0.39, 0.29) is 23.1 Å². The number of nitrogens with zero attached hydrogens (tertiary/aromatic N) is 1. The number of carbonyl (C=O) groups excluding carboxylic acids is 1. The highest BCUT2D eigenvalue weighted by Gasteiger charge is 2.29. The number of nitrogens with one attached hydrogen (secondary N) is 1. The summed E-state index contributed by atoms with van der Waals surface area (Å²) in [5.41, 5.74) is 0. The van der Waals surface area contributed by atoms with Crippen LogP contribution in [0, 0.1) is 5.92 Å². The van der Waals surface area contributed by atoms with Gasteiger partial charge in [0.15, 0.2) is 0 Å². The normalized spacial score (nSPS) is 19.8. The molecule has 1 saturated heterocycles. The molecule has 0 aliphatic carbocycles. The number of aliphatic carboxylic acids is 1. The number of rotatable bonds is 5. The Labute approximate surface area is 119 Å². The van der Waals surface area contributed by atoms with Crippen LogP contribution in [0.1, 0.15) is 33.6 Å². The summed E-state index contributed by atoms with van der Waals surface area (Å²) in [4.78, 5) is 24.5. The molecule has 6 heteroatoms. The van der Waals surface area contributed by atoms with Crippen LogP contribution in [0.3, 0.4) is 0 Å². The molecule has 0 saturated carbocycles. The number of carboxylic acids is 1. The van der Waals surface area contributed by atoms with Gasteiger partial charge in [-0.3, -0.25) is 4.79 Å². The van der Waals surface area contributed by atoms with Crippen LogP contribution in [0.5, 0.6) is 0 Å². The van der Waals surface area contributed by atoms with Crippen molar-refractivity contribution in [2.75, 3.05) is 25.4 Å². The average Bonchev–Trinajstić information content (AvgIpc) is 2.32. The van der Waals surface area contributed by atoms with Crippen molar-refractivity contribution in [3.8, 4) is 0 Å². The summed E-state index contributed by atoms with van der Waals surface area (Å²) in [6.45, 7) is 8.15. The van der Waals surface area contributed by atoms with E-state index in [0.29, 0.717) is 6.54 Å². The molecule has 1 unspecified atom stereocenters. The van der Waals surface area contributed by atoms with Gasteiger partial charge in [0.1, 0.15) is 0 Å². The first-order valence-corrected chi connectivity index (χ1v) is 7.71. The molecule has 0 aromatic heterocycles. The summed E-state index contributed by atoms with van der Waals surface area (Å²) >= 11 is 1.88. The minimum Gasteiger partial charge on any atom is -0.481 e. The molecule has 19 heavy (non-hydrogen) atoms. The number of urea groups is 1. The van der Waals surface area contributed by atoms with E-state index in [1.54, 1.807) is 0 Å². The summed E-state index contributed by atoms with van der Waals surface area (Å²) in [6, 6.07) is -0.0720. The van der Waals surface area contributed by atoms with Crippen LogP contribution in [-0.4, -0.2) is 52.1 Å². The highest BCUT2D eigenvalue weighted by Crippen LogP contribution is 2.29. The lowest BCUT2D eigenvalue weighted by Gasteiger charge is -2.37. The van der Waals surface area contributed by atoms with Gasteiger partial charge in [0, 0.05) is 36.6 Å². The molecule has 1 heterocycles. The van der Waals surface area contributed by atoms with Crippen molar-refractivity contribution < 1.29 is 14.7 Å². The Bertz CT molecular complexity index is 334. The topological polar surface area (TPSA) is 69.6 Å². The Morgan fingerprint density at radius 3 is 2.68 bits per heavy atom. The van der Waals surface area contributed by atoms with E-state index in [0.717, 1.165) is 25.3 Å². The number of hydrogen-bond donors (Lipinski definition) is 2. The highest BCUT2D eigenvalue weighted by atomic mass is 32.2. The van der Waals surface area contributed by atoms with Crippen LogP contribution >= 0.6 is 11.8 Å². The second kappa shape index (κ2) is 7.03. The van der Waals surface area contributed by atoms with Gasteiger partial charge in [0.2, 0.25) is 0 Å². The molecule has 1 atom stereocenters. The monoisotopic (exact) mass is 288 g/mol. The Hall–Kier alpha value is -0.910. The molecule has 1 aliphatic heterocycles. The zero-order chi connectivity index (χ0) is 14.5. The lowest BCUT2D eigenvalue weighted by Crippen LogP contribution is -2.50. The summed E-state index contributed by atoms with van der Waals surface area (Å²) in [7, 11) is 0. The lowest BCUT2D eigenvalue weighted by molar-refractivity contribution is -0.138. The fourth-order valence-electron chi connectivity index (χ4n) is 2.14. The van der Waals surface area contributed by atoms with E-state index in [9.17, 15) is 9.59 Å². The first-order chi connectivity index (χ1) is 8.84. The Morgan fingerprint density at radius 2 is 2.16 bits per heavy atom. The number of amides is 2. The Morgan fingerprint density at radius 1 is 1.47 bits per heavy atom. The van der Waals surface area contributed by atoms with Gasteiger partial charge < -0.3 is 15.3 Å². The van der Waals surface area contributed by atoms with Crippen molar-refractivity contribution in [1.29, 1.82) is 0 Å². The third-order valence-electron chi connectivity index (χ3n) is 3.30. The zero-order valence-corrected chi connectivity index (χ0v) is 12.8. The molecule has 0 aromatic rings. The van der Waals surface area contributed by atoms with Gasteiger partial charge >= 0.3 is 12.0 Å². The van der Waals surface area contributed by atoms with Gasteiger partial charge in [-0.05, 0) is 19.8 Å². The first-order valence-electron chi connectivity index (χ1n) is 6.72. The molecule has 5 nitrogen and oxygen atoms in total.